The summed E-state index contributed by atoms with van der Waals surface area (Å²) < 4.78 is 48.4. The number of nitrogens with one attached hydrogen (secondary N) is 2. The molecule has 0 saturated carbocycles. The van der Waals surface area contributed by atoms with Crippen LogP contribution in [0.4, 0.5) is 15.8 Å². The number of carbonyl (C=O) groups excluding carboxylic acids is 2. The number of pyridine rings is 1. The molecule has 0 fully saturated rings. The first-order chi connectivity index (χ1) is 17.1. The van der Waals surface area contributed by atoms with Crippen LogP contribution in [-0.2, 0) is 14.8 Å². The van der Waals surface area contributed by atoms with Gasteiger partial charge in [0, 0.05) is 6.92 Å². The van der Waals surface area contributed by atoms with Crippen LogP contribution in [-0.4, -0.2) is 44.4 Å². The number of nitrogens with zero attached hydrogens (tertiary/aromatic N) is 2. The summed E-state index contributed by atoms with van der Waals surface area (Å²) in [7, 11) is -4.07. The second-order valence-electron chi connectivity index (χ2n) is 8.13. The summed E-state index contributed by atoms with van der Waals surface area (Å²) in [5.74, 6) is -1.93. The van der Waals surface area contributed by atoms with Crippen molar-refractivity contribution in [2.75, 3.05) is 22.7 Å². The van der Waals surface area contributed by atoms with Gasteiger partial charge in [-0.2, -0.15) is 0 Å². The van der Waals surface area contributed by atoms with Gasteiger partial charge >= 0.3 is 0 Å². The number of hydrogen-bond donors (Lipinski definition) is 2. The van der Waals surface area contributed by atoms with Crippen LogP contribution in [0.3, 0.4) is 0 Å². The monoisotopic (exact) mass is 532 g/mol. The van der Waals surface area contributed by atoms with E-state index in [9.17, 15) is 22.4 Å². The largest absolute Gasteiger partial charge is 0.469 e. The molecule has 4 rings (SSSR count). The topological polar surface area (TPSA) is 118 Å². The lowest BCUT2D eigenvalue weighted by Crippen LogP contribution is -2.48. The molecule has 0 aliphatic carbocycles. The lowest BCUT2D eigenvalue weighted by atomic mass is 10.2. The predicted octanol–water partition coefficient (Wildman–Crippen LogP) is 3.53. The van der Waals surface area contributed by atoms with E-state index < -0.39 is 27.9 Å². The van der Waals surface area contributed by atoms with Crippen molar-refractivity contribution in [3.63, 3.8) is 0 Å². The summed E-state index contributed by atoms with van der Waals surface area (Å²) in [6.07, 6.45) is 0.537. The molecule has 9 nitrogen and oxygen atoms in total. The SMILES string of the molecule is CC(=O)NCC1CN(S(=O)(=O)c2cccc(C)c2)c2cc(NC(=O)c3c(F)cccc3Cl)cnc2O1. The highest BCUT2D eigenvalue weighted by Gasteiger charge is 2.36. The Labute approximate surface area is 212 Å². The highest BCUT2D eigenvalue weighted by Crippen LogP contribution is 2.37. The van der Waals surface area contributed by atoms with Crippen molar-refractivity contribution in [3.05, 3.63) is 76.7 Å². The summed E-state index contributed by atoms with van der Waals surface area (Å²) in [6, 6.07) is 11.6. The van der Waals surface area contributed by atoms with Gasteiger partial charge in [-0.25, -0.2) is 17.8 Å². The van der Waals surface area contributed by atoms with Gasteiger partial charge in [-0.05, 0) is 42.8 Å². The second kappa shape index (κ2) is 10.1. The summed E-state index contributed by atoms with van der Waals surface area (Å²) in [6.45, 7) is 3.05. The molecule has 1 aliphatic heterocycles. The molecule has 1 aromatic heterocycles. The third-order valence-corrected chi connectivity index (χ3v) is 7.44. The van der Waals surface area contributed by atoms with E-state index in [0.717, 1.165) is 15.9 Å². The van der Waals surface area contributed by atoms with E-state index in [-0.39, 0.29) is 51.7 Å². The third-order valence-electron chi connectivity index (χ3n) is 5.35. The molecule has 0 saturated heterocycles. The van der Waals surface area contributed by atoms with Crippen molar-refractivity contribution < 1.29 is 27.1 Å². The number of benzene rings is 2. The number of anilines is 2. The van der Waals surface area contributed by atoms with Crippen molar-refractivity contribution in [1.29, 1.82) is 0 Å². The molecule has 3 aromatic rings. The summed E-state index contributed by atoms with van der Waals surface area (Å²) in [5, 5.41) is 5.04. The zero-order chi connectivity index (χ0) is 26.0. The number of ether oxygens (including phenoxy) is 1. The number of aromatic nitrogens is 1. The lowest BCUT2D eigenvalue weighted by molar-refractivity contribution is -0.119. The van der Waals surface area contributed by atoms with Crippen LogP contribution in [0, 0.1) is 12.7 Å². The molecule has 2 amide bonds. The van der Waals surface area contributed by atoms with Crippen molar-refractivity contribution in [3.8, 4) is 5.88 Å². The quantitative estimate of drug-likeness (QED) is 0.501. The zero-order valence-electron chi connectivity index (χ0n) is 19.3. The maximum absolute atomic E-state index is 14.2. The van der Waals surface area contributed by atoms with Crippen LogP contribution in [0.15, 0.2) is 59.6 Å². The Bertz CT molecular complexity index is 1430. The number of fused-ring (bicyclic) bond motifs is 1. The molecule has 0 radical (unpaired) electrons. The summed E-state index contributed by atoms with van der Waals surface area (Å²) >= 11 is 5.98. The molecule has 36 heavy (non-hydrogen) atoms. The Morgan fingerprint density at radius 1 is 1.22 bits per heavy atom. The molecule has 0 bridgehead atoms. The van der Waals surface area contributed by atoms with Gasteiger partial charge in [-0.15, -0.1) is 0 Å². The number of carbonyl (C=O) groups is 2. The van der Waals surface area contributed by atoms with E-state index in [4.69, 9.17) is 16.3 Å². The summed E-state index contributed by atoms with van der Waals surface area (Å²) in [5.41, 5.74) is 0.576. The normalized spacial score (nSPS) is 15.0. The molecule has 2 aromatic carbocycles. The Morgan fingerprint density at radius 2 is 1.97 bits per heavy atom. The average molecular weight is 533 g/mol. The maximum atomic E-state index is 14.2. The zero-order valence-corrected chi connectivity index (χ0v) is 20.9. The standard InChI is InChI=1S/C24H22ClFN4O5S/c1-14-5-3-6-18(9-14)36(33,34)30-13-17(12-27-15(2)31)35-24-21(30)10-16(11-28-24)29-23(32)22-19(25)7-4-8-20(22)26/h3-11,17H,12-13H2,1-2H3,(H,27,31)(H,29,32). The third kappa shape index (κ3) is 5.26. The summed E-state index contributed by atoms with van der Waals surface area (Å²) in [4.78, 5) is 28.3. The molecular weight excluding hydrogens is 511 g/mol. The number of halogens is 2. The van der Waals surface area contributed by atoms with E-state index in [0.29, 0.717) is 0 Å². The maximum Gasteiger partial charge on any atom is 0.264 e. The number of rotatable bonds is 6. The minimum Gasteiger partial charge on any atom is -0.469 e. The first-order valence-electron chi connectivity index (χ1n) is 10.8. The molecule has 1 unspecified atom stereocenters. The molecule has 2 heterocycles. The number of amides is 2. The fraction of sp³-hybridized carbons (Fsp3) is 0.208. The second-order valence-corrected chi connectivity index (χ2v) is 10.4. The van der Waals surface area contributed by atoms with Gasteiger partial charge in [0.15, 0.2) is 0 Å². The molecule has 188 valence electrons. The molecule has 2 N–H and O–H groups in total. The molecular formula is C24H22ClFN4O5S. The van der Waals surface area contributed by atoms with Crippen molar-refractivity contribution >= 4 is 44.8 Å². The van der Waals surface area contributed by atoms with E-state index in [1.807, 2.05) is 0 Å². The van der Waals surface area contributed by atoms with Crippen LogP contribution >= 0.6 is 11.6 Å². The van der Waals surface area contributed by atoms with Crippen LogP contribution in [0.2, 0.25) is 5.02 Å². The van der Waals surface area contributed by atoms with Gasteiger partial charge in [0.05, 0.1) is 40.5 Å². The van der Waals surface area contributed by atoms with Crippen molar-refractivity contribution in [2.45, 2.75) is 24.8 Å². The van der Waals surface area contributed by atoms with Crippen LogP contribution in [0.25, 0.3) is 0 Å². The minimum absolute atomic E-state index is 0.00486. The number of hydrogen-bond acceptors (Lipinski definition) is 6. The van der Waals surface area contributed by atoms with E-state index in [2.05, 4.69) is 15.6 Å². The highest BCUT2D eigenvalue weighted by atomic mass is 35.5. The molecule has 0 spiro atoms. The Balaban J connectivity index is 1.72. The van der Waals surface area contributed by atoms with Gasteiger partial charge < -0.3 is 15.4 Å². The van der Waals surface area contributed by atoms with Crippen LogP contribution in [0.1, 0.15) is 22.8 Å². The Hall–Kier alpha value is -3.70. The number of sulfonamides is 1. The first kappa shape index (κ1) is 25.4. The molecule has 1 atom stereocenters. The Kier molecular flexibility index (Phi) is 7.14. The lowest BCUT2D eigenvalue weighted by Gasteiger charge is -2.35. The van der Waals surface area contributed by atoms with Gasteiger partial charge in [0.25, 0.3) is 15.9 Å². The van der Waals surface area contributed by atoms with E-state index >= 15 is 0 Å². The van der Waals surface area contributed by atoms with E-state index in [1.165, 1.54) is 43.5 Å². The first-order valence-corrected chi connectivity index (χ1v) is 12.6. The van der Waals surface area contributed by atoms with Crippen LogP contribution in [0.5, 0.6) is 5.88 Å². The van der Waals surface area contributed by atoms with E-state index in [1.54, 1.807) is 19.1 Å². The van der Waals surface area contributed by atoms with Gasteiger partial charge in [-0.3, -0.25) is 13.9 Å². The van der Waals surface area contributed by atoms with Gasteiger partial charge in [0.2, 0.25) is 11.8 Å². The average Bonchev–Trinajstić information content (AvgIpc) is 2.82. The molecule has 1 aliphatic rings. The minimum atomic E-state index is -4.07. The van der Waals surface area contributed by atoms with Gasteiger partial charge in [0.1, 0.15) is 17.6 Å². The Morgan fingerprint density at radius 3 is 2.67 bits per heavy atom. The number of aryl methyl sites for hydroxylation is 1. The van der Waals surface area contributed by atoms with Crippen molar-refractivity contribution in [2.24, 2.45) is 0 Å². The molecule has 12 heteroatoms. The van der Waals surface area contributed by atoms with Crippen LogP contribution < -0.4 is 19.7 Å². The van der Waals surface area contributed by atoms with Gasteiger partial charge in [-0.1, -0.05) is 29.8 Å². The fourth-order valence-electron chi connectivity index (χ4n) is 3.66. The highest BCUT2D eigenvalue weighted by molar-refractivity contribution is 7.92. The smallest absolute Gasteiger partial charge is 0.264 e. The fourth-order valence-corrected chi connectivity index (χ4v) is 5.50. The van der Waals surface area contributed by atoms with Crippen molar-refractivity contribution in [1.82, 2.24) is 10.3 Å². The predicted molar refractivity (Wildman–Crippen MR) is 132 cm³/mol.